The minimum atomic E-state index is 0.206. The van der Waals surface area contributed by atoms with Crippen molar-refractivity contribution >= 4 is 0 Å². The van der Waals surface area contributed by atoms with Crippen LogP contribution in [-0.4, -0.2) is 7.05 Å². The van der Waals surface area contributed by atoms with Crippen LogP contribution in [-0.2, 0) is 24.3 Å². The first-order chi connectivity index (χ1) is 9.86. The molecule has 1 heterocycles. The van der Waals surface area contributed by atoms with Crippen molar-refractivity contribution in [3.8, 4) is 0 Å². The van der Waals surface area contributed by atoms with Gasteiger partial charge in [0.1, 0.15) is 18.1 Å². The average molecular weight is 271 g/mol. The Morgan fingerprint density at radius 3 is 2.95 bits per heavy atom. The van der Waals surface area contributed by atoms with E-state index >= 15 is 0 Å². The molecule has 0 radical (unpaired) electrons. The van der Waals surface area contributed by atoms with E-state index in [-0.39, 0.29) is 6.10 Å². The van der Waals surface area contributed by atoms with E-state index in [1.807, 2.05) is 19.2 Å². The van der Waals surface area contributed by atoms with E-state index in [0.29, 0.717) is 6.61 Å². The van der Waals surface area contributed by atoms with Crippen molar-refractivity contribution < 1.29 is 9.15 Å². The fourth-order valence-corrected chi connectivity index (χ4v) is 2.83. The van der Waals surface area contributed by atoms with Gasteiger partial charge in [-0.05, 0) is 49.6 Å². The molecule has 1 N–H and O–H groups in total. The topological polar surface area (TPSA) is 34.4 Å². The second-order valence-corrected chi connectivity index (χ2v) is 5.29. The summed E-state index contributed by atoms with van der Waals surface area (Å²) in [5, 5.41) is 3.08. The van der Waals surface area contributed by atoms with Crippen molar-refractivity contribution in [2.45, 2.75) is 38.5 Å². The Morgan fingerprint density at radius 1 is 1.20 bits per heavy atom. The molecule has 0 saturated carbocycles. The van der Waals surface area contributed by atoms with Crippen LogP contribution in [0.25, 0.3) is 0 Å². The molecule has 106 valence electrons. The molecule has 0 saturated heterocycles. The van der Waals surface area contributed by atoms with Crippen LogP contribution in [0.2, 0.25) is 0 Å². The minimum absolute atomic E-state index is 0.206. The molecule has 1 aromatic heterocycles. The predicted molar refractivity (Wildman–Crippen MR) is 78.4 cm³/mol. The van der Waals surface area contributed by atoms with Gasteiger partial charge < -0.3 is 14.5 Å². The second-order valence-electron chi connectivity index (χ2n) is 5.29. The molecule has 0 fully saturated rings. The lowest BCUT2D eigenvalue weighted by molar-refractivity contribution is 0.0188. The molecule has 0 amide bonds. The fraction of sp³-hybridized carbons (Fsp3) is 0.412. The van der Waals surface area contributed by atoms with E-state index in [2.05, 4.69) is 29.6 Å². The number of fused-ring (bicyclic) bond motifs is 1. The molecular formula is C17H21NO2. The summed E-state index contributed by atoms with van der Waals surface area (Å²) in [4.78, 5) is 0. The van der Waals surface area contributed by atoms with Crippen LogP contribution in [0, 0.1) is 0 Å². The third-order valence-corrected chi connectivity index (χ3v) is 3.81. The number of furan rings is 1. The van der Waals surface area contributed by atoms with Gasteiger partial charge in [-0.15, -0.1) is 0 Å². The summed E-state index contributed by atoms with van der Waals surface area (Å²) in [5.41, 5.74) is 2.78. The Balaban J connectivity index is 1.64. The number of aryl methyl sites for hydroxylation is 1. The van der Waals surface area contributed by atoms with Crippen molar-refractivity contribution in [1.82, 2.24) is 5.32 Å². The molecule has 0 bridgehead atoms. The van der Waals surface area contributed by atoms with Gasteiger partial charge in [0, 0.05) is 0 Å². The van der Waals surface area contributed by atoms with Gasteiger partial charge in [0.05, 0.1) is 12.6 Å². The summed E-state index contributed by atoms with van der Waals surface area (Å²) in [6.07, 6.45) is 3.67. The zero-order valence-corrected chi connectivity index (χ0v) is 11.9. The number of nitrogens with one attached hydrogen (secondary N) is 1. The molecule has 1 atom stereocenters. The largest absolute Gasteiger partial charge is 0.462 e. The molecule has 1 aliphatic rings. The van der Waals surface area contributed by atoms with Gasteiger partial charge in [-0.3, -0.25) is 0 Å². The van der Waals surface area contributed by atoms with Crippen molar-refractivity contribution in [3.05, 3.63) is 59.0 Å². The van der Waals surface area contributed by atoms with Crippen LogP contribution in [0.3, 0.4) is 0 Å². The van der Waals surface area contributed by atoms with Gasteiger partial charge in [0.25, 0.3) is 0 Å². The molecule has 3 nitrogen and oxygen atoms in total. The Bertz CT molecular complexity index is 562. The molecule has 1 unspecified atom stereocenters. The van der Waals surface area contributed by atoms with Crippen molar-refractivity contribution in [2.75, 3.05) is 7.05 Å². The maximum atomic E-state index is 6.07. The normalized spacial score (nSPS) is 17.9. The highest BCUT2D eigenvalue weighted by Crippen LogP contribution is 2.33. The van der Waals surface area contributed by atoms with E-state index in [0.717, 1.165) is 24.5 Å². The molecule has 3 heteroatoms. The third kappa shape index (κ3) is 2.94. The molecule has 1 aromatic carbocycles. The lowest BCUT2D eigenvalue weighted by Crippen LogP contribution is -2.12. The maximum absolute atomic E-state index is 6.07. The highest BCUT2D eigenvalue weighted by atomic mass is 16.5. The van der Waals surface area contributed by atoms with Gasteiger partial charge in [0.2, 0.25) is 0 Å². The fourth-order valence-electron chi connectivity index (χ4n) is 2.83. The summed E-state index contributed by atoms with van der Waals surface area (Å²) in [6, 6.07) is 12.6. The van der Waals surface area contributed by atoms with Crippen LogP contribution in [0.1, 0.15) is 41.6 Å². The molecule has 0 spiro atoms. The second kappa shape index (κ2) is 6.25. The van der Waals surface area contributed by atoms with Crippen LogP contribution >= 0.6 is 0 Å². The first-order valence-corrected chi connectivity index (χ1v) is 7.28. The van der Waals surface area contributed by atoms with Crippen molar-refractivity contribution in [2.24, 2.45) is 0 Å². The standard InChI is InChI=1S/C17H21NO2/c1-18-11-14-9-10-15(20-14)12-19-17-8-4-6-13-5-2-3-7-16(13)17/h2-3,5,7,9-10,17-18H,4,6,8,11-12H2,1H3. The van der Waals surface area contributed by atoms with Crippen molar-refractivity contribution in [3.63, 3.8) is 0 Å². The summed E-state index contributed by atoms with van der Waals surface area (Å²) >= 11 is 0. The van der Waals surface area contributed by atoms with Gasteiger partial charge in [-0.2, -0.15) is 0 Å². The number of hydrogen-bond donors (Lipinski definition) is 1. The quantitative estimate of drug-likeness (QED) is 0.902. The highest BCUT2D eigenvalue weighted by Gasteiger charge is 2.20. The molecule has 20 heavy (non-hydrogen) atoms. The first-order valence-electron chi connectivity index (χ1n) is 7.28. The maximum Gasteiger partial charge on any atom is 0.129 e. The summed E-state index contributed by atoms with van der Waals surface area (Å²) in [5.74, 6) is 1.86. The van der Waals surface area contributed by atoms with E-state index in [4.69, 9.17) is 9.15 Å². The summed E-state index contributed by atoms with van der Waals surface area (Å²) in [7, 11) is 1.91. The monoisotopic (exact) mass is 271 g/mol. The first kappa shape index (κ1) is 13.4. The number of benzene rings is 1. The van der Waals surface area contributed by atoms with Gasteiger partial charge in [-0.1, -0.05) is 24.3 Å². The zero-order chi connectivity index (χ0) is 13.8. The van der Waals surface area contributed by atoms with Crippen LogP contribution in [0.4, 0.5) is 0 Å². The molecule has 3 rings (SSSR count). The van der Waals surface area contributed by atoms with Gasteiger partial charge in [0.15, 0.2) is 0 Å². The zero-order valence-electron chi connectivity index (χ0n) is 11.9. The molecule has 0 aliphatic heterocycles. The molecular weight excluding hydrogens is 250 g/mol. The lowest BCUT2D eigenvalue weighted by atomic mass is 9.89. The van der Waals surface area contributed by atoms with E-state index in [9.17, 15) is 0 Å². The smallest absolute Gasteiger partial charge is 0.129 e. The number of ether oxygens (including phenoxy) is 1. The summed E-state index contributed by atoms with van der Waals surface area (Å²) in [6.45, 7) is 1.30. The van der Waals surface area contributed by atoms with E-state index < -0.39 is 0 Å². The number of rotatable bonds is 5. The Morgan fingerprint density at radius 2 is 2.05 bits per heavy atom. The van der Waals surface area contributed by atoms with Crippen molar-refractivity contribution in [1.29, 1.82) is 0 Å². The van der Waals surface area contributed by atoms with Crippen LogP contribution in [0.5, 0.6) is 0 Å². The third-order valence-electron chi connectivity index (χ3n) is 3.81. The number of hydrogen-bond acceptors (Lipinski definition) is 3. The lowest BCUT2D eigenvalue weighted by Gasteiger charge is -2.25. The highest BCUT2D eigenvalue weighted by molar-refractivity contribution is 5.31. The average Bonchev–Trinajstić information content (AvgIpc) is 2.93. The van der Waals surface area contributed by atoms with Crippen LogP contribution < -0.4 is 5.32 Å². The Hall–Kier alpha value is -1.58. The molecule has 1 aliphatic carbocycles. The van der Waals surface area contributed by atoms with E-state index in [1.165, 1.54) is 24.0 Å². The predicted octanol–water partition coefficient (Wildman–Crippen LogP) is 3.59. The van der Waals surface area contributed by atoms with Crippen LogP contribution in [0.15, 0.2) is 40.8 Å². The van der Waals surface area contributed by atoms with Gasteiger partial charge in [-0.25, -0.2) is 0 Å². The molecule has 2 aromatic rings. The van der Waals surface area contributed by atoms with E-state index in [1.54, 1.807) is 0 Å². The summed E-state index contributed by atoms with van der Waals surface area (Å²) < 4.78 is 11.8. The SMILES string of the molecule is CNCc1ccc(COC2CCCc3ccccc32)o1. The van der Waals surface area contributed by atoms with Gasteiger partial charge >= 0.3 is 0 Å². The minimum Gasteiger partial charge on any atom is -0.462 e. The Kier molecular flexibility index (Phi) is 4.19. The Labute approximate surface area is 119 Å².